The molecule has 1 saturated heterocycles. The Kier molecular flexibility index (Phi) is 9.01. The molecule has 9 nitrogen and oxygen atoms in total. The Morgan fingerprint density at radius 2 is 1.44 bits per heavy atom. The van der Waals surface area contributed by atoms with Crippen molar-refractivity contribution < 1.29 is 24.2 Å². The van der Waals surface area contributed by atoms with Crippen molar-refractivity contribution in [3.05, 3.63) is 108 Å². The zero-order valence-corrected chi connectivity index (χ0v) is 29.2. The Morgan fingerprint density at radius 3 is 2.19 bits per heavy atom. The second-order valence-corrected chi connectivity index (χ2v) is 13.8. The summed E-state index contributed by atoms with van der Waals surface area (Å²) >= 11 is 0. The van der Waals surface area contributed by atoms with Crippen LogP contribution in [0.4, 0.5) is 0 Å². The van der Waals surface area contributed by atoms with E-state index in [2.05, 4.69) is 22.8 Å². The molecule has 1 aliphatic carbocycles. The van der Waals surface area contributed by atoms with Crippen LogP contribution in [0.1, 0.15) is 89.0 Å². The van der Waals surface area contributed by atoms with E-state index < -0.39 is 5.97 Å². The molecule has 3 heterocycles. The molecule has 2 aromatic heterocycles. The van der Waals surface area contributed by atoms with Crippen molar-refractivity contribution >= 4 is 39.8 Å². The third kappa shape index (κ3) is 6.32. The molecule has 0 atom stereocenters. The van der Waals surface area contributed by atoms with Gasteiger partial charge in [0.25, 0.3) is 5.91 Å². The van der Waals surface area contributed by atoms with Gasteiger partial charge in [-0.05, 0) is 110 Å². The third-order valence-corrected chi connectivity index (χ3v) is 10.5. The highest BCUT2D eigenvalue weighted by Gasteiger charge is 2.25. The average Bonchev–Trinajstić information content (AvgIpc) is 3.86. The van der Waals surface area contributed by atoms with E-state index in [9.17, 15) is 19.5 Å². The van der Waals surface area contributed by atoms with Crippen LogP contribution in [0.15, 0.2) is 91.0 Å². The van der Waals surface area contributed by atoms with Gasteiger partial charge in [0.1, 0.15) is 5.82 Å². The second-order valence-electron chi connectivity index (χ2n) is 13.8. The summed E-state index contributed by atoms with van der Waals surface area (Å²) in [5, 5.41) is 10.4. The predicted molar refractivity (Wildman–Crippen MR) is 202 cm³/mol. The molecule has 8 rings (SSSR count). The number of esters is 1. The molecule has 52 heavy (non-hydrogen) atoms. The predicted octanol–water partition coefficient (Wildman–Crippen LogP) is 9.20. The van der Waals surface area contributed by atoms with E-state index >= 15 is 0 Å². The molecule has 6 aromatic rings. The van der Waals surface area contributed by atoms with Gasteiger partial charge in [-0.1, -0.05) is 43.5 Å². The van der Waals surface area contributed by atoms with Crippen molar-refractivity contribution in [2.75, 3.05) is 19.7 Å². The number of carbonyl (C=O) groups is 3. The first kappa shape index (κ1) is 33.3. The van der Waals surface area contributed by atoms with Crippen molar-refractivity contribution in [1.82, 2.24) is 19.4 Å². The largest absolute Gasteiger partial charge is 0.478 e. The standard InChI is InChI=1S/C43H40N4O5/c1-2-52-43(51)32-17-21-39-38(26-32)45-40(47(39)33-8-4-3-5-9-33)30-16-19-36-29(24-30)15-20-37(44-36)35-25-31(41(48)46-22-6-7-23-46)14-18-34(35)27-10-12-28(13-11-27)42(49)50/h10-21,24-26,33H,2-9,22-23H2,1H3,(H,49,50). The third-order valence-electron chi connectivity index (χ3n) is 10.5. The van der Waals surface area contributed by atoms with Crippen LogP contribution in [0.3, 0.4) is 0 Å². The second kappa shape index (κ2) is 14.1. The lowest BCUT2D eigenvalue weighted by molar-refractivity contribution is 0.0525. The van der Waals surface area contributed by atoms with Gasteiger partial charge in [-0.25, -0.2) is 19.6 Å². The number of likely N-dealkylation sites (tertiary alicyclic amines) is 1. The lowest BCUT2D eigenvalue weighted by atomic mass is 9.93. The molecule has 1 N–H and O–H groups in total. The molecule has 1 amide bonds. The van der Waals surface area contributed by atoms with Crippen LogP contribution in [0.5, 0.6) is 0 Å². The van der Waals surface area contributed by atoms with Gasteiger partial charge in [-0.3, -0.25) is 4.79 Å². The summed E-state index contributed by atoms with van der Waals surface area (Å²) in [5.74, 6) is -0.456. The molecular weight excluding hydrogens is 652 g/mol. The first-order valence-electron chi connectivity index (χ1n) is 18.3. The maximum atomic E-state index is 13.5. The molecule has 0 spiro atoms. The number of carboxylic acid groups (broad SMARTS) is 1. The van der Waals surface area contributed by atoms with Crippen molar-refractivity contribution in [2.45, 2.75) is 57.9 Å². The van der Waals surface area contributed by atoms with E-state index in [1.54, 1.807) is 31.2 Å². The van der Waals surface area contributed by atoms with E-state index in [0.717, 1.165) is 94.5 Å². The lowest BCUT2D eigenvalue weighted by Gasteiger charge is -2.25. The summed E-state index contributed by atoms with van der Waals surface area (Å²) in [5.41, 5.74) is 8.08. The minimum atomic E-state index is -0.982. The number of pyridine rings is 1. The van der Waals surface area contributed by atoms with Crippen molar-refractivity contribution in [3.8, 4) is 33.8 Å². The minimum Gasteiger partial charge on any atom is -0.478 e. The number of amides is 1. The zero-order valence-electron chi connectivity index (χ0n) is 29.2. The average molecular weight is 693 g/mol. The normalized spacial score (nSPS) is 15.0. The highest BCUT2D eigenvalue weighted by Crippen LogP contribution is 2.38. The molecule has 2 aliphatic rings. The maximum Gasteiger partial charge on any atom is 0.338 e. The number of carbonyl (C=O) groups excluding carboxylic acids is 2. The molecule has 1 aliphatic heterocycles. The number of carboxylic acids is 1. The van der Waals surface area contributed by atoms with E-state index in [0.29, 0.717) is 23.8 Å². The summed E-state index contributed by atoms with van der Waals surface area (Å²) in [6.07, 6.45) is 7.75. The van der Waals surface area contributed by atoms with E-state index in [1.807, 2.05) is 53.4 Å². The number of hydrogen-bond acceptors (Lipinski definition) is 6. The SMILES string of the molecule is CCOC(=O)c1ccc2c(c1)nc(-c1ccc3nc(-c4cc(C(=O)N5CCCC5)ccc4-c4ccc(C(=O)O)cc4)ccc3c1)n2C1CCCCC1. The minimum absolute atomic E-state index is 0.00665. The van der Waals surface area contributed by atoms with E-state index in [-0.39, 0.29) is 17.4 Å². The number of benzene rings is 4. The topological polar surface area (TPSA) is 115 Å². The van der Waals surface area contributed by atoms with Gasteiger partial charge in [0.2, 0.25) is 0 Å². The summed E-state index contributed by atoms with van der Waals surface area (Å²) in [7, 11) is 0. The van der Waals surface area contributed by atoms with E-state index in [1.165, 1.54) is 19.3 Å². The number of ether oxygens (including phenoxy) is 1. The fraction of sp³-hybridized carbons (Fsp3) is 0.279. The van der Waals surface area contributed by atoms with Gasteiger partial charge in [0.15, 0.2) is 0 Å². The van der Waals surface area contributed by atoms with Crippen LogP contribution in [0.2, 0.25) is 0 Å². The van der Waals surface area contributed by atoms with Crippen LogP contribution in [-0.2, 0) is 4.74 Å². The first-order chi connectivity index (χ1) is 25.4. The molecule has 9 heteroatoms. The van der Waals surface area contributed by atoms with Gasteiger partial charge in [0.05, 0.1) is 40.0 Å². The van der Waals surface area contributed by atoms with Crippen LogP contribution in [-0.4, -0.2) is 62.1 Å². The molecular formula is C43H40N4O5. The van der Waals surface area contributed by atoms with Crippen LogP contribution < -0.4 is 0 Å². The molecule has 2 fully saturated rings. The summed E-state index contributed by atoms with van der Waals surface area (Å²) in [6.45, 7) is 3.63. The number of nitrogens with zero attached hydrogens (tertiary/aromatic N) is 4. The molecule has 262 valence electrons. The molecule has 0 unspecified atom stereocenters. The number of aromatic carboxylic acids is 1. The zero-order chi connectivity index (χ0) is 35.8. The van der Waals surface area contributed by atoms with Crippen LogP contribution in [0.25, 0.3) is 55.7 Å². The van der Waals surface area contributed by atoms with Crippen molar-refractivity contribution in [3.63, 3.8) is 0 Å². The summed E-state index contributed by atoms with van der Waals surface area (Å²) in [6, 6.07) is 28.7. The molecule has 1 saturated carbocycles. The van der Waals surface area contributed by atoms with Crippen molar-refractivity contribution in [2.24, 2.45) is 0 Å². The van der Waals surface area contributed by atoms with Gasteiger partial charge < -0.3 is 19.3 Å². The summed E-state index contributed by atoms with van der Waals surface area (Å²) in [4.78, 5) is 49.7. The van der Waals surface area contributed by atoms with Crippen LogP contribution in [0, 0.1) is 0 Å². The van der Waals surface area contributed by atoms with Gasteiger partial charge >= 0.3 is 11.9 Å². The number of imidazole rings is 1. The highest BCUT2D eigenvalue weighted by molar-refractivity contribution is 5.99. The fourth-order valence-corrected chi connectivity index (χ4v) is 7.80. The van der Waals surface area contributed by atoms with Gasteiger partial charge in [0, 0.05) is 41.2 Å². The fourth-order valence-electron chi connectivity index (χ4n) is 7.80. The molecule has 0 bridgehead atoms. The lowest BCUT2D eigenvalue weighted by Crippen LogP contribution is -2.27. The van der Waals surface area contributed by atoms with Crippen molar-refractivity contribution in [1.29, 1.82) is 0 Å². The van der Waals surface area contributed by atoms with Gasteiger partial charge in [-0.2, -0.15) is 0 Å². The summed E-state index contributed by atoms with van der Waals surface area (Å²) < 4.78 is 7.63. The smallest absolute Gasteiger partial charge is 0.338 e. The Hall–Kier alpha value is -5.83. The maximum absolute atomic E-state index is 13.5. The Morgan fingerprint density at radius 1 is 0.712 bits per heavy atom. The Balaban J connectivity index is 1.21. The van der Waals surface area contributed by atoms with E-state index in [4.69, 9.17) is 14.7 Å². The first-order valence-corrected chi connectivity index (χ1v) is 18.3. The Bertz CT molecular complexity index is 2330. The highest BCUT2D eigenvalue weighted by atomic mass is 16.5. The monoisotopic (exact) mass is 692 g/mol. The number of fused-ring (bicyclic) bond motifs is 2. The molecule has 4 aromatic carbocycles. The number of hydrogen-bond donors (Lipinski definition) is 1. The van der Waals surface area contributed by atoms with Gasteiger partial charge in [-0.15, -0.1) is 0 Å². The molecule has 0 radical (unpaired) electrons. The Labute approximate surface area is 301 Å². The number of aromatic nitrogens is 3. The van der Waals surface area contributed by atoms with Crippen LogP contribution >= 0.6 is 0 Å². The number of rotatable bonds is 8. The quantitative estimate of drug-likeness (QED) is 0.158.